The number of urea groups is 1. The molecule has 0 radical (unpaired) electrons. The lowest BCUT2D eigenvalue weighted by atomic mass is 9.97. The molecular formula is C15H21F3N4O2. The first kappa shape index (κ1) is 18.3. The predicted molar refractivity (Wildman–Crippen MR) is 81.1 cm³/mol. The average molecular weight is 346 g/mol. The number of allylic oxidation sites excluding steroid dienone is 1. The molecule has 134 valence electrons. The summed E-state index contributed by atoms with van der Waals surface area (Å²) in [5, 5.41) is 15.2. The van der Waals surface area contributed by atoms with Gasteiger partial charge >= 0.3 is 12.2 Å². The minimum absolute atomic E-state index is 0.0222. The molecule has 2 atom stereocenters. The maximum atomic E-state index is 13.3. The standard InChI is InChI=1S/C15H21F3N4O2/c1-22-10-9-19-12(22)14(24,15(16,17)18)7-8-20-13(23)21-11-5-3-2-4-6-11/h2-3,9-11,24H,4-8H2,1H3,(H2,20,21,23). The second-order valence-electron chi connectivity index (χ2n) is 5.85. The predicted octanol–water partition coefficient (Wildman–Crippen LogP) is 1.97. The Bertz CT molecular complexity index is 600. The van der Waals surface area contributed by atoms with Gasteiger partial charge in [-0.05, 0) is 19.3 Å². The van der Waals surface area contributed by atoms with Crippen LogP contribution < -0.4 is 10.6 Å². The molecule has 1 aromatic rings. The highest BCUT2D eigenvalue weighted by Gasteiger charge is 2.57. The third-order valence-corrected chi connectivity index (χ3v) is 4.04. The van der Waals surface area contributed by atoms with Crippen molar-refractivity contribution in [2.24, 2.45) is 7.05 Å². The number of alkyl halides is 3. The second kappa shape index (κ2) is 7.25. The number of imidazole rings is 1. The summed E-state index contributed by atoms with van der Waals surface area (Å²) in [6.45, 7) is -0.336. The van der Waals surface area contributed by atoms with Crippen molar-refractivity contribution < 1.29 is 23.1 Å². The van der Waals surface area contributed by atoms with E-state index in [4.69, 9.17) is 0 Å². The number of carbonyl (C=O) groups is 1. The SMILES string of the molecule is Cn1ccnc1C(O)(CCNC(=O)NC1CC=CCC1)C(F)(F)F. The van der Waals surface area contributed by atoms with Crippen LogP contribution in [0.15, 0.2) is 24.5 Å². The fraction of sp³-hybridized carbons (Fsp3) is 0.600. The second-order valence-corrected chi connectivity index (χ2v) is 5.85. The average Bonchev–Trinajstić information content (AvgIpc) is 2.93. The van der Waals surface area contributed by atoms with Gasteiger partial charge in [0, 0.05) is 38.4 Å². The Balaban J connectivity index is 1.93. The molecule has 0 fully saturated rings. The molecule has 0 aliphatic heterocycles. The summed E-state index contributed by atoms with van der Waals surface area (Å²) in [7, 11) is 1.37. The first-order valence-electron chi connectivity index (χ1n) is 7.70. The van der Waals surface area contributed by atoms with Crippen molar-refractivity contribution in [1.82, 2.24) is 20.2 Å². The Morgan fingerprint density at radius 1 is 1.46 bits per heavy atom. The van der Waals surface area contributed by atoms with Crippen LogP contribution in [-0.2, 0) is 12.6 Å². The van der Waals surface area contributed by atoms with Crippen LogP contribution in [0.4, 0.5) is 18.0 Å². The van der Waals surface area contributed by atoms with Gasteiger partial charge in [0.25, 0.3) is 0 Å². The van der Waals surface area contributed by atoms with E-state index in [2.05, 4.69) is 15.6 Å². The van der Waals surface area contributed by atoms with Gasteiger partial charge in [0.2, 0.25) is 5.60 Å². The monoisotopic (exact) mass is 346 g/mol. The highest BCUT2D eigenvalue weighted by molar-refractivity contribution is 5.74. The van der Waals surface area contributed by atoms with Crippen molar-refractivity contribution in [3.05, 3.63) is 30.4 Å². The van der Waals surface area contributed by atoms with Gasteiger partial charge in [-0.3, -0.25) is 0 Å². The van der Waals surface area contributed by atoms with Crippen LogP contribution >= 0.6 is 0 Å². The molecule has 1 aliphatic carbocycles. The van der Waals surface area contributed by atoms with Crippen LogP contribution in [0, 0.1) is 0 Å². The van der Waals surface area contributed by atoms with Gasteiger partial charge in [0.05, 0.1) is 0 Å². The highest BCUT2D eigenvalue weighted by atomic mass is 19.4. The van der Waals surface area contributed by atoms with Crippen molar-refractivity contribution in [2.75, 3.05) is 6.54 Å². The first-order chi connectivity index (χ1) is 11.2. The first-order valence-corrected chi connectivity index (χ1v) is 7.70. The highest BCUT2D eigenvalue weighted by Crippen LogP contribution is 2.40. The van der Waals surface area contributed by atoms with Gasteiger partial charge in [0.15, 0.2) is 0 Å². The molecule has 6 nitrogen and oxygen atoms in total. The maximum Gasteiger partial charge on any atom is 0.424 e. The number of aromatic nitrogens is 2. The van der Waals surface area contributed by atoms with Crippen LogP contribution in [0.1, 0.15) is 31.5 Å². The van der Waals surface area contributed by atoms with Crippen LogP contribution in [-0.4, -0.2) is 39.5 Å². The summed E-state index contributed by atoms with van der Waals surface area (Å²) in [4.78, 5) is 15.4. The Kier molecular flexibility index (Phi) is 5.53. The molecule has 1 heterocycles. The van der Waals surface area contributed by atoms with Crippen LogP contribution in [0.3, 0.4) is 0 Å². The summed E-state index contributed by atoms with van der Waals surface area (Å²) in [6, 6.07) is -0.564. The van der Waals surface area contributed by atoms with E-state index in [1.54, 1.807) is 0 Å². The minimum Gasteiger partial charge on any atom is -0.374 e. The molecule has 2 unspecified atom stereocenters. The lowest BCUT2D eigenvalue weighted by Gasteiger charge is -2.30. The molecule has 1 aromatic heterocycles. The van der Waals surface area contributed by atoms with Crippen molar-refractivity contribution in [1.29, 1.82) is 0 Å². The lowest BCUT2D eigenvalue weighted by molar-refractivity contribution is -0.272. The Morgan fingerprint density at radius 3 is 2.75 bits per heavy atom. The molecule has 0 spiro atoms. The smallest absolute Gasteiger partial charge is 0.374 e. The van der Waals surface area contributed by atoms with Crippen molar-refractivity contribution in [2.45, 2.75) is 43.5 Å². The number of carbonyl (C=O) groups excluding carboxylic acids is 1. The van der Waals surface area contributed by atoms with Crippen molar-refractivity contribution >= 4 is 6.03 Å². The van der Waals surface area contributed by atoms with Gasteiger partial charge in [-0.2, -0.15) is 13.2 Å². The van der Waals surface area contributed by atoms with E-state index in [1.165, 1.54) is 19.4 Å². The summed E-state index contributed by atoms with van der Waals surface area (Å²) in [5.74, 6) is -0.505. The number of amides is 2. The van der Waals surface area contributed by atoms with Crippen LogP contribution in [0.25, 0.3) is 0 Å². The number of hydrogen-bond donors (Lipinski definition) is 3. The summed E-state index contributed by atoms with van der Waals surface area (Å²) < 4.78 is 41.0. The van der Waals surface area contributed by atoms with Crippen LogP contribution in [0.2, 0.25) is 0 Å². The van der Waals surface area contributed by atoms with Crippen molar-refractivity contribution in [3.63, 3.8) is 0 Å². The topological polar surface area (TPSA) is 79.2 Å². The number of halogens is 3. The fourth-order valence-corrected chi connectivity index (χ4v) is 2.66. The normalized spacial score (nSPS) is 20.5. The summed E-state index contributed by atoms with van der Waals surface area (Å²) in [5.41, 5.74) is -3.12. The minimum atomic E-state index is -4.90. The van der Waals surface area contributed by atoms with E-state index in [9.17, 15) is 23.1 Å². The van der Waals surface area contributed by atoms with E-state index >= 15 is 0 Å². The zero-order valence-corrected chi connectivity index (χ0v) is 13.3. The Labute approximate surface area is 137 Å². The van der Waals surface area contributed by atoms with E-state index in [-0.39, 0.29) is 12.6 Å². The number of aryl methyl sites for hydroxylation is 1. The zero-order valence-electron chi connectivity index (χ0n) is 13.3. The zero-order chi connectivity index (χ0) is 17.8. The number of aliphatic hydroxyl groups is 1. The molecule has 2 amide bonds. The van der Waals surface area contributed by atoms with E-state index in [1.807, 2.05) is 12.2 Å². The van der Waals surface area contributed by atoms with Gasteiger partial charge in [-0.1, -0.05) is 12.2 Å². The molecule has 1 aliphatic rings. The number of hydrogen-bond acceptors (Lipinski definition) is 3. The van der Waals surface area contributed by atoms with Crippen molar-refractivity contribution in [3.8, 4) is 0 Å². The molecule has 0 saturated heterocycles. The molecule has 9 heteroatoms. The van der Waals surface area contributed by atoms with E-state index in [0.29, 0.717) is 6.42 Å². The third kappa shape index (κ3) is 4.08. The molecule has 0 aromatic carbocycles. The van der Waals surface area contributed by atoms with Crippen LogP contribution in [0.5, 0.6) is 0 Å². The quantitative estimate of drug-likeness (QED) is 0.713. The lowest BCUT2D eigenvalue weighted by Crippen LogP contribution is -2.48. The summed E-state index contributed by atoms with van der Waals surface area (Å²) in [6.07, 6.45) is 3.21. The molecular weight excluding hydrogens is 325 g/mol. The fourth-order valence-electron chi connectivity index (χ4n) is 2.66. The van der Waals surface area contributed by atoms with Gasteiger partial charge in [0.1, 0.15) is 5.82 Å². The molecule has 24 heavy (non-hydrogen) atoms. The molecule has 3 N–H and O–H groups in total. The molecule has 0 bridgehead atoms. The molecule has 0 saturated carbocycles. The Morgan fingerprint density at radius 2 is 2.21 bits per heavy atom. The van der Waals surface area contributed by atoms with Gasteiger partial charge in [-0.25, -0.2) is 9.78 Å². The number of nitrogens with one attached hydrogen (secondary N) is 2. The maximum absolute atomic E-state index is 13.3. The number of nitrogens with zero attached hydrogens (tertiary/aromatic N) is 2. The van der Waals surface area contributed by atoms with E-state index < -0.39 is 30.1 Å². The van der Waals surface area contributed by atoms with E-state index in [0.717, 1.165) is 17.4 Å². The van der Waals surface area contributed by atoms with Gasteiger partial charge < -0.3 is 20.3 Å². The largest absolute Gasteiger partial charge is 0.424 e. The van der Waals surface area contributed by atoms with Gasteiger partial charge in [-0.15, -0.1) is 0 Å². The summed E-state index contributed by atoms with van der Waals surface area (Å²) >= 11 is 0. The number of rotatable bonds is 5. The Hall–Kier alpha value is -2.03. The molecule has 2 rings (SSSR count). The third-order valence-electron chi connectivity index (χ3n) is 4.04.